The highest BCUT2D eigenvalue weighted by molar-refractivity contribution is 7.22. The van der Waals surface area contributed by atoms with Crippen LogP contribution in [0.5, 0.6) is 0 Å². The number of benzene rings is 2. The van der Waals surface area contributed by atoms with Crippen molar-refractivity contribution in [3.63, 3.8) is 0 Å². The van der Waals surface area contributed by atoms with Gasteiger partial charge < -0.3 is 19.3 Å². The molecule has 2 aromatic carbocycles. The number of piperidine rings is 1. The van der Waals surface area contributed by atoms with Crippen LogP contribution in [0.3, 0.4) is 0 Å². The van der Waals surface area contributed by atoms with Gasteiger partial charge in [-0.15, -0.1) is 0 Å². The molecule has 0 amide bonds. The average Bonchev–Trinajstić information content (AvgIpc) is 3.22. The molecule has 3 atom stereocenters. The van der Waals surface area contributed by atoms with Gasteiger partial charge in [-0.25, -0.2) is 9.78 Å². The van der Waals surface area contributed by atoms with E-state index in [9.17, 15) is 9.90 Å². The van der Waals surface area contributed by atoms with E-state index in [0.29, 0.717) is 35.1 Å². The van der Waals surface area contributed by atoms with E-state index in [1.165, 1.54) is 0 Å². The Kier molecular flexibility index (Phi) is 5.76. The maximum Gasteiger partial charge on any atom is 0.335 e. The SMILES string of the molecule is Cc1cccc(Cl)c1-c1noc(C2CC2)c1CO[C@@H]1C[C@@H]2C[C@H]1CN2c1nc2c(C)cc(C(=O)O)cc2s1. The van der Waals surface area contributed by atoms with Crippen molar-refractivity contribution in [1.29, 1.82) is 0 Å². The van der Waals surface area contributed by atoms with Crippen LogP contribution in [-0.2, 0) is 11.3 Å². The van der Waals surface area contributed by atoms with Crippen LogP contribution in [0.15, 0.2) is 34.9 Å². The van der Waals surface area contributed by atoms with Crippen LogP contribution in [0.25, 0.3) is 21.5 Å². The number of anilines is 1. The predicted molar refractivity (Wildman–Crippen MR) is 147 cm³/mol. The lowest BCUT2D eigenvalue weighted by atomic mass is 10.00. The fraction of sp³-hybridized carbons (Fsp3) is 0.414. The number of rotatable bonds is 7. The Bertz CT molecular complexity index is 1560. The van der Waals surface area contributed by atoms with E-state index in [2.05, 4.69) is 10.1 Å². The number of aryl methyl sites for hydroxylation is 2. The fourth-order valence-corrected chi connectivity index (χ4v) is 7.70. The second-order valence-corrected chi connectivity index (χ2v) is 12.3. The zero-order chi connectivity index (χ0) is 26.1. The molecule has 1 saturated heterocycles. The maximum atomic E-state index is 11.5. The number of ether oxygens (including phenoxy) is 1. The molecular formula is C29H28ClN3O4S. The number of thiazole rings is 1. The molecule has 0 radical (unpaired) electrons. The first-order valence-corrected chi connectivity index (χ1v) is 14.3. The number of aromatic nitrogens is 2. The second-order valence-electron chi connectivity index (χ2n) is 10.9. The van der Waals surface area contributed by atoms with Gasteiger partial charge in [0.2, 0.25) is 0 Å². The summed E-state index contributed by atoms with van der Waals surface area (Å²) in [5, 5.41) is 15.5. The number of nitrogens with zero attached hydrogens (tertiary/aromatic N) is 3. The van der Waals surface area contributed by atoms with E-state index in [-0.39, 0.29) is 6.10 Å². The fourth-order valence-electron chi connectivity index (χ4n) is 6.22. The molecule has 38 heavy (non-hydrogen) atoms. The molecule has 3 fully saturated rings. The lowest BCUT2D eigenvalue weighted by molar-refractivity contribution is 0.0122. The minimum atomic E-state index is -0.907. The van der Waals surface area contributed by atoms with Crippen LogP contribution in [0.1, 0.15) is 64.4 Å². The van der Waals surface area contributed by atoms with Gasteiger partial charge in [-0.2, -0.15) is 0 Å². The smallest absolute Gasteiger partial charge is 0.335 e. The summed E-state index contributed by atoms with van der Waals surface area (Å²) >= 11 is 8.18. The Balaban J connectivity index is 1.09. The van der Waals surface area contributed by atoms with E-state index in [4.69, 9.17) is 25.8 Å². The highest BCUT2D eigenvalue weighted by Crippen LogP contribution is 2.47. The van der Waals surface area contributed by atoms with Gasteiger partial charge in [0.1, 0.15) is 11.5 Å². The van der Waals surface area contributed by atoms with Gasteiger partial charge in [0, 0.05) is 35.5 Å². The molecule has 4 aromatic rings. The van der Waals surface area contributed by atoms with Gasteiger partial charge in [0.05, 0.1) is 33.5 Å². The number of carboxylic acid groups (broad SMARTS) is 1. The number of carboxylic acids is 1. The monoisotopic (exact) mass is 549 g/mol. The highest BCUT2D eigenvalue weighted by Gasteiger charge is 2.46. The van der Waals surface area contributed by atoms with Crippen molar-refractivity contribution in [1.82, 2.24) is 10.1 Å². The van der Waals surface area contributed by atoms with Crippen molar-refractivity contribution in [2.24, 2.45) is 5.92 Å². The molecule has 2 saturated carbocycles. The number of fused-ring (bicyclic) bond motifs is 3. The molecule has 1 N–H and O–H groups in total. The van der Waals surface area contributed by atoms with E-state index in [1.807, 2.05) is 32.0 Å². The Morgan fingerprint density at radius 2 is 2.08 bits per heavy atom. The zero-order valence-corrected chi connectivity index (χ0v) is 22.8. The third-order valence-electron chi connectivity index (χ3n) is 8.31. The van der Waals surface area contributed by atoms with Crippen LogP contribution in [0, 0.1) is 19.8 Å². The van der Waals surface area contributed by atoms with E-state index < -0.39 is 5.97 Å². The van der Waals surface area contributed by atoms with Crippen molar-refractivity contribution in [3.05, 3.63) is 63.4 Å². The minimum absolute atomic E-state index is 0.174. The first-order valence-electron chi connectivity index (χ1n) is 13.1. The largest absolute Gasteiger partial charge is 0.478 e. The first-order chi connectivity index (χ1) is 18.4. The van der Waals surface area contributed by atoms with Gasteiger partial charge in [-0.05, 0) is 68.9 Å². The second kappa shape index (κ2) is 9.07. The Labute approximate surface area is 229 Å². The molecule has 3 heterocycles. The number of hydrogen-bond donors (Lipinski definition) is 1. The zero-order valence-electron chi connectivity index (χ0n) is 21.2. The molecule has 7 nitrogen and oxygen atoms in total. The van der Waals surface area contributed by atoms with Crippen molar-refractivity contribution >= 4 is 44.3 Å². The van der Waals surface area contributed by atoms with Crippen molar-refractivity contribution in [2.45, 2.75) is 64.2 Å². The number of aromatic carboxylic acids is 1. The van der Waals surface area contributed by atoms with E-state index in [0.717, 1.165) is 81.3 Å². The minimum Gasteiger partial charge on any atom is -0.478 e. The average molecular weight is 550 g/mol. The molecule has 2 aliphatic carbocycles. The molecule has 2 aromatic heterocycles. The van der Waals surface area contributed by atoms with Gasteiger partial charge in [0.15, 0.2) is 5.13 Å². The topological polar surface area (TPSA) is 88.7 Å². The lowest BCUT2D eigenvalue weighted by Crippen LogP contribution is -2.38. The summed E-state index contributed by atoms with van der Waals surface area (Å²) in [6.07, 6.45) is 4.46. The third kappa shape index (κ3) is 4.01. The summed E-state index contributed by atoms with van der Waals surface area (Å²) in [4.78, 5) is 18.8. The molecule has 1 aliphatic heterocycles. The molecule has 0 unspecified atom stereocenters. The molecule has 0 spiro atoms. The summed E-state index contributed by atoms with van der Waals surface area (Å²) < 4.78 is 13.4. The number of carbonyl (C=O) groups is 1. The summed E-state index contributed by atoms with van der Waals surface area (Å²) in [7, 11) is 0. The van der Waals surface area contributed by atoms with Crippen LogP contribution in [0.4, 0.5) is 5.13 Å². The normalized spacial score (nSPS) is 22.6. The van der Waals surface area contributed by atoms with Crippen molar-refractivity contribution in [3.8, 4) is 11.3 Å². The summed E-state index contributed by atoms with van der Waals surface area (Å²) in [5.41, 5.74) is 5.97. The predicted octanol–water partition coefficient (Wildman–Crippen LogP) is 6.98. The number of hydrogen-bond acceptors (Lipinski definition) is 7. The molecule has 3 aliphatic rings. The van der Waals surface area contributed by atoms with Crippen molar-refractivity contribution < 1.29 is 19.2 Å². The maximum absolute atomic E-state index is 11.5. The molecule has 196 valence electrons. The summed E-state index contributed by atoms with van der Waals surface area (Å²) in [5.74, 6) is 0.903. The summed E-state index contributed by atoms with van der Waals surface area (Å²) in [6, 6.07) is 9.72. The first kappa shape index (κ1) is 24.1. The lowest BCUT2D eigenvalue weighted by Gasteiger charge is -2.31. The molecule has 2 bridgehead atoms. The Morgan fingerprint density at radius 1 is 1.24 bits per heavy atom. The van der Waals surface area contributed by atoms with Gasteiger partial charge in [-0.1, -0.05) is 40.2 Å². The van der Waals surface area contributed by atoms with Crippen LogP contribution in [-0.4, -0.2) is 39.9 Å². The summed E-state index contributed by atoms with van der Waals surface area (Å²) in [6.45, 7) is 5.35. The van der Waals surface area contributed by atoms with Crippen LogP contribution in [0.2, 0.25) is 5.02 Å². The van der Waals surface area contributed by atoms with Gasteiger partial charge >= 0.3 is 5.97 Å². The Hall–Kier alpha value is -2.94. The van der Waals surface area contributed by atoms with Crippen LogP contribution >= 0.6 is 22.9 Å². The quantitative estimate of drug-likeness (QED) is 0.266. The molecule has 7 rings (SSSR count). The van der Waals surface area contributed by atoms with E-state index >= 15 is 0 Å². The molecular weight excluding hydrogens is 522 g/mol. The number of halogens is 1. The van der Waals surface area contributed by atoms with Gasteiger partial charge in [0.25, 0.3) is 0 Å². The van der Waals surface area contributed by atoms with Crippen LogP contribution < -0.4 is 4.90 Å². The Morgan fingerprint density at radius 3 is 2.79 bits per heavy atom. The third-order valence-corrected chi connectivity index (χ3v) is 9.67. The highest BCUT2D eigenvalue weighted by atomic mass is 35.5. The standard InChI is InChI=1S/C29H28ClN3O4S/c1-14-4-3-5-21(30)24(14)26-20(27(37-32-26)16-6-7-16)13-36-22-11-19-9-18(22)12-33(19)29-31-25-15(2)8-17(28(34)35)10-23(25)38-29/h3-5,8,10,16,18-19,22H,6-7,9,11-13H2,1-2H3,(H,34,35)/t18-,19-,22+/m0/s1. The van der Waals surface area contributed by atoms with E-state index in [1.54, 1.807) is 23.5 Å². The van der Waals surface area contributed by atoms with Gasteiger partial charge in [-0.3, -0.25) is 0 Å². The molecule has 9 heteroatoms. The van der Waals surface area contributed by atoms with Crippen molar-refractivity contribution in [2.75, 3.05) is 11.4 Å².